The van der Waals surface area contributed by atoms with Gasteiger partial charge in [0.1, 0.15) is 0 Å². The number of hydrogen-bond donors (Lipinski definition) is 1. The van der Waals surface area contributed by atoms with E-state index in [4.69, 9.17) is 23.2 Å². The predicted octanol–water partition coefficient (Wildman–Crippen LogP) is 3.30. The van der Waals surface area contributed by atoms with Crippen LogP contribution in [0.2, 0.25) is 10.0 Å². The Bertz CT molecular complexity index is 424. The van der Waals surface area contributed by atoms with Crippen LogP contribution in [0.3, 0.4) is 0 Å². The van der Waals surface area contributed by atoms with Crippen molar-refractivity contribution >= 4 is 23.2 Å². The van der Waals surface area contributed by atoms with Crippen LogP contribution in [-0.2, 0) is 5.60 Å². The molecule has 17 heavy (non-hydrogen) atoms. The number of piperidine rings is 1. The molecule has 2 nitrogen and oxygen atoms in total. The van der Waals surface area contributed by atoms with Gasteiger partial charge in [-0.2, -0.15) is 0 Å². The number of benzene rings is 1. The first-order chi connectivity index (χ1) is 7.92. The summed E-state index contributed by atoms with van der Waals surface area (Å²) in [5, 5.41) is 12.0. The third-order valence-corrected chi connectivity index (χ3v) is 4.26. The summed E-state index contributed by atoms with van der Waals surface area (Å²) in [4.78, 5) is 2.24. The molecule has 2 unspecified atom stereocenters. The van der Waals surface area contributed by atoms with Gasteiger partial charge in [0.2, 0.25) is 0 Å². The van der Waals surface area contributed by atoms with E-state index in [-0.39, 0.29) is 0 Å². The van der Waals surface area contributed by atoms with Gasteiger partial charge in [0.15, 0.2) is 0 Å². The summed E-state index contributed by atoms with van der Waals surface area (Å²) < 4.78 is 0. The summed E-state index contributed by atoms with van der Waals surface area (Å²) in [7, 11) is 2.07. The van der Waals surface area contributed by atoms with E-state index in [1.165, 1.54) is 0 Å². The predicted molar refractivity (Wildman–Crippen MR) is 71.7 cm³/mol. The van der Waals surface area contributed by atoms with Gasteiger partial charge in [0, 0.05) is 28.2 Å². The molecule has 2 atom stereocenters. The van der Waals surface area contributed by atoms with Crippen LogP contribution in [0.15, 0.2) is 18.2 Å². The molecule has 0 spiro atoms. The Morgan fingerprint density at radius 1 is 1.41 bits per heavy atom. The summed E-state index contributed by atoms with van der Waals surface area (Å²) in [5.41, 5.74) is -0.0971. The monoisotopic (exact) mass is 273 g/mol. The van der Waals surface area contributed by atoms with Crippen LogP contribution in [0, 0.1) is 0 Å². The standard InChI is InChI=1S/C13H17Cl2NO/c1-9-8-13(17,5-6-16(9)2)11-7-10(14)3-4-12(11)15/h3-4,7,9,17H,5-6,8H2,1-2H3. The molecule has 2 rings (SSSR count). The molecule has 0 bridgehead atoms. The molecule has 4 heteroatoms. The van der Waals surface area contributed by atoms with Crippen molar-refractivity contribution in [1.29, 1.82) is 0 Å². The van der Waals surface area contributed by atoms with E-state index in [0.29, 0.717) is 28.9 Å². The van der Waals surface area contributed by atoms with E-state index in [1.807, 2.05) is 0 Å². The Labute approximate surface area is 112 Å². The molecule has 1 fully saturated rings. The first-order valence-corrected chi connectivity index (χ1v) is 6.56. The molecule has 1 aromatic rings. The fraction of sp³-hybridized carbons (Fsp3) is 0.538. The highest BCUT2D eigenvalue weighted by molar-refractivity contribution is 6.33. The number of hydrogen-bond acceptors (Lipinski definition) is 2. The molecular formula is C13H17Cl2NO. The van der Waals surface area contributed by atoms with Gasteiger partial charge in [0.05, 0.1) is 5.60 Å². The summed E-state index contributed by atoms with van der Waals surface area (Å²) in [6.07, 6.45) is 1.37. The normalized spacial score (nSPS) is 30.5. The van der Waals surface area contributed by atoms with Crippen molar-refractivity contribution < 1.29 is 5.11 Å². The minimum atomic E-state index is -0.853. The van der Waals surface area contributed by atoms with E-state index < -0.39 is 5.60 Å². The van der Waals surface area contributed by atoms with Crippen molar-refractivity contribution in [2.24, 2.45) is 0 Å². The number of aliphatic hydroxyl groups is 1. The second kappa shape index (κ2) is 4.77. The maximum Gasteiger partial charge on any atom is 0.0938 e. The first kappa shape index (κ1) is 13.2. The van der Waals surface area contributed by atoms with E-state index in [0.717, 1.165) is 12.1 Å². The maximum absolute atomic E-state index is 10.8. The van der Waals surface area contributed by atoms with Crippen molar-refractivity contribution in [2.45, 2.75) is 31.4 Å². The highest BCUT2D eigenvalue weighted by atomic mass is 35.5. The van der Waals surface area contributed by atoms with Gasteiger partial charge in [-0.25, -0.2) is 0 Å². The van der Waals surface area contributed by atoms with E-state index in [2.05, 4.69) is 18.9 Å². The smallest absolute Gasteiger partial charge is 0.0938 e. The SMILES string of the molecule is CC1CC(O)(c2cc(Cl)ccc2Cl)CCN1C. The zero-order valence-electron chi connectivity index (χ0n) is 10.1. The van der Waals surface area contributed by atoms with Crippen LogP contribution in [0.4, 0.5) is 0 Å². The largest absolute Gasteiger partial charge is 0.385 e. The maximum atomic E-state index is 10.8. The molecule has 1 aliphatic rings. The molecule has 1 N–H and O–H groups in total. The lowest BCUT2D eigenvalue weighted by Crippen LogP contribution is -2.46. The Balaban J connectivity index is 2.35. The molecule has 1 aliphatic heterocycles. The topological polar surface area (TPSA) is 23.5 Å². The van der Waals surface area contributed by atoms with Crippen LogP contribution in [0.1, 0.15) is 25.3 Å². The van der Waals surface area contributed by atoms with Crippen LogP contribution in [-0.4, -0.2) is 29.6 Å². The van der Waals surface area contributed by atoms with Gasteiger partial charge >= 0.3 is 0 Å². The summed E-state index contributed by atoms with van der Waals surface area (Å²) >= 11 is 12.2. The first-order valence-electron chi connectivity index (χ1n) is 5.80. The molecule has 0 saturated carbocycles. The Hall–Kier alpha value is -0.280. The lowest BCUT2D eigenvalue weighted by Gasteiger charge is -2.41. The fourth-order valence-electron chi connectivity index (χ4n) is 2.43. The third-order valence-electron chi connectivity index (χ3n) is 3.69. The molecule has 0 radical (unpaired) electrons. The summed E-state index contributed by atoms with van der Waals surface area (Å²) in [6.45, 7) is 2.98. The number of likely N-dealkylation sites (tertiary alicyclic amines) is 1. The minimum Gasteiger partial charge on any atom is -0.385 e. The minimum absolute atomic E-state index is 0.337. The van der Waals surface area contributed by atoms with E-state index in [1.54, 1.807) is 18.2 Å². The Kier molecular flexibility index (Phi) is 3.69. The average Bonchev–Trinajstić information content (AvgIpc) is 2.27. The summed E-state index contributed by atoms with van der Waals surface area (Å²) in [6, 6.07) is 5.61. The highest BCUT2D eigenvalue weighted by Crippen LogP contribution is 2.39. The molecule has 0 aliphatic carbocycles. The third kappa shape index (κ3) is 2.60. The zero-order chi connectivity index (χ0) is 12.6. The number of halogens is 2. The zero-order valence-corrected chi connectivity index (χ0v) is 11.6. The molecular weight excluding hydrogens is 257 g/mol. The lowest BCUT2D eigenvalue weighted by atomic mass is 9.81. The van der Waals surface area contributed by atoms with Gasteiger partial charge in [-0.15, -0.1) is 0 Å². The Morgan fingerprint density at radius 3 is 2.76 bits per heavy atom. The van der Waals surface area contributed by atoms with E-state index in [9.17, 15) is 5.11 Å². The van der Waals surface area contributed by atoms with Crippen molar-refractivity contribution in [1.82, 2.24) is 4.90 Å². The van der Waals surface area contributed by atoms with Gasteiger partial charge in [-0.1, -0.05) is 23.2 Å². The van der Waals surface area contributed by atoms with Gasteiger partial charge in [-0.3, -0.25) is 0 Å². The van der Waals surface area contributed by atoms with Crippen LogP contribution >= 0.6 is 23.2 Å². The molecule has 0 aromatic heterocycles. The van der Waals surface area contributed by atoms with Crippen LogP contribution in [0.5, 0.6) is 0 Å². The number of nitrogens with zero attached hydrogens (tertiary/aromatic N) is 1. The molecule has 1 heterocycles. The van der Waals surface area contributed by atoms with Crippen molar-refractivity contribution in [3.63, 3.8) is 0 Å². The lowest BCUT2D eigenvalue weighted by molar-refractivity contribution is -0.0407. The average molecular weight is 274 g/mol. The molecule has 1 aromatic carbocycles. The fourth-order valence-corrected chi connectivity index (χ4v) is 2.89. The Morgan fingerprint density at radius 2 is 2.12 bits per heavy atom. The van der Waals surface area contributed by atoms with Gasteiger partial charge in [0.25, 0.3) is 0 Å². The molecule has 0 amide bonds. The van der Waals surface area contributed by atoms with E-state index >= 15 is 0 Å². The quantitative estimate of drug-likeness (QED) is 0.849. The van der Waals surface area contributed by atoms with Crippen molar-refractivity contribution in [3.8, 4) is 0 Å². The summed E-state index contributed by atoms with van der Waals surface area (Å²) in [5.74, 6) is 0. The highest BCUT2D eigenvalue weighted by Gasteiger charge is 2.37. The van der Waals surface area contributed by atoms with Gasteiger partial charge < -0.3 is 10.0 Å². The van der Waals surface area contributed by atoms with Crippen molar-refractivity contribution in [2.75, 3.05) is 13.6 Å². The second-order valence-corrected chi connectivity index (χ2v) is 5.78. The van der Waals surface area contributed by atoms with Crippen molar-refractivity contribution in [3.05, 3.63) is 33.8 Å². The van der Waals surface area contributed by atoms with Crippen LogP contribution in [0.25, 0.3) is 0 Å². The van der Waals surface area contributed by atoms with Gasteiger partial charge in [-0.05, 0) is 45.0 Å². The van der Waals surface area contributed by atoms with Crippen LogP contribution < -0.4 is 0 Å². The molecule has 94 valence electrons. The second-order valence-electron chi connectivity index (χ2n) is 4.94. The molecule has 1 saturated heterocycles. The number of rotatable bonds is 1.